The number of nitrogens with zero attached hydrogens (tertiary/aromatic N) is 2. The monoisotopic (exact) mass is 521 g/mol. The van der Waals surface area contributed by atoms with Crippen LogP contribution < -0.4 is 14.8 Å². The lowest BCUT2D eigenvalue weighted by Gasteiger charge is -2.12. The second kappa shape index (κ2) is 12.5. The number of amides is 1. The predicted molar refractivity (Wildman–Crippen MR) is 157 cm³/mol. The molecule has 6 nitrogen and oxygen atoms in total. The first-order chi connectivity index (χ1) is 19.2. The van der Waals surface area contributed by atoms with Crippen molar-refractivity contribution >= 4 is 27.7 Å². The van der Waals surface area contributed by atoms with Gasteiger partial charge >= 0.3 is 0 Å². The van der Waals surface area contributed by atoms with E-state index in [4.69, 9.17) is 14.5 Å². The van der Waals surface area contributed by atoms with Gasteiger partial charge in [-0.1, -0.05) is 67.1 Å². The maximum atomic E-state index is 12.4. The topological polar surface area (TPSA) is 65.4 Å². The fraction of sp³-hybridized carbons (Fsp3) is 0.273. The van der Waals surface area contributed by atoms with Crippen LogP contribution in [0.1, 0.15) is 36.2 Å². The molecule has 0 aliphatic rings. The summed E-state index contributed by atoms with van der Waals surface area (Å²) >= 11 is 0. The van der Waals surface area contributed by atoms with Crippen LogP contribution in [0.2, 0.25) is 0 Å². The Morgan fingerprint density at radius 3 is 2.51 bits per heavy atom. The Balaban J connectivity index is 1.15. The molecule has 0 saturated carbocycles. The number of benzene rings is 4. The van der Waals surface area contributed by atoms with E-state index in [1.807, 2.05) is 24.3 Å². The van der Waals surface area contributed by atoms with E-state index in [0.29, 0.717) is 24.5 Å². The number of para-hydroxylation sites is 2. The number of aryl methyl sites for hydroxylation is 1. The predicted octanol–water partition coefficient (Wildman–Crippen LogP) is 6.33. The number of hydrogen-bond donors (Lipinski definition) is 1. The normalized spacial score (nSPS) is 11.1. The molecule has 5 aromatic rings. The largest absolute Gasteiger partial charge is 0.493 e. The van der Waals surface area contributed by atoms with E-state index in [0.717, 1.165) is 49.1 Å². The lowest BCUT2D eigenvalue weighted by molar-refractivity contribution is -0.120. The number of unbranched alkanes of at least 4 members (excludes halogenated alkanes) is 2. The highest BCUT2D eigenvalue weighted by Gasteiger charge is 2.13. The van der Waals surface area contributed by atoms with Crippen molar-refractivity contribution in [1.29, 1.82) is 0 Å². The lowest BCUT2D eigenvalue weighted by atomic mass is 10.0. The Morgan fingerprint density at radius 2 is 1.64 bits per heavy atom. The van der Waals surface area contributed by atoms with Gasteiger partial charge in [0.1, 0.15) is 5.82 Å². The van der Waals surface area contributed by atoms with Crippen molar-refractivity contribution in [2.75, 3.05) is 20.8 Å². The molecule has 0 radical (unpaired) electrons. The van der Waals surface area contributed by atoms with Crippen molar-refractivity contribution in [2.24, 2.45) is 0 Å². The van der Waals surface area contributed by atoms with Crippen LogP contribution >= 0.6 is 0 Å². The smallest absolute Gasteiger partial charge is 0.224 e. The van der Waals surface area contributed by atoms with Gasteiger partial charge in [0.2, 0.25) is 5.91 Å². The molecule has 1 heterocycles. The van der Waals surface area contributed by atoms with Gasteiger partial charge in [-0.15, -0.1) is 0 Å². The van der Waals surface area contributed by atoms with Gasteiger partial charge in [0.05, 0.1) is 31.7 Å². The number of methoxy groups -OCH3 is 2. The van der Waals surface area contributed by atoms with Gasteiger partial charge in [0.25, 0.3) is 0 Å². The minimum absolute atomic E-state index is 0.0131. The highest BCUT2D eigenvalue weighted by atomic mass is 16.5. The summed E-state index contributed by atoms with van der Waals surface area (Å²) in [7, 11) is 3.20. The van der Waals surface area contributed by atoms with E-state index in [-0.39, 0.29) is 5.91 Å². The van der Waals surface area contributed by atoms with Gasteiger partial charge < -0.3 is 19.4 Å². The molecule has 39 heavy (non-hydrogen) atoms. The molecular weight excluding hydrogens is 486 g/mol. The maximum absolute atomic E-state index is 12.4. The summed E-state index contributed by atoms with van der Waals surface area (Å²) in [4.78, 5) is 17.4. The van der Waals surface area contributed by atoms with Crippen LogP contribution in [0, 0.1) is 0 Å². The number of carbonyl (C=O) groups is 1. The van der Waals surface area contributed by atoms with E-state index >= 15 is 0 Å². The molecule has 0 spiro atoms. The van der Waals surface area contributed by atoms with E-state index in [9.17, 15) is 4.79 Å². The number of ether oxygens (including phenoxy) is 2. The van der Waals surface area contributed by atoms with Crippen molar-refractivity contribution in [3.63, 3.8) is 0 Å². The molecule has 4 aromatic carbocycles. The minimum atomic E-state index is 0.0131. The second-order valence-corrected chi connectivity index (χ2v) is 9.77. The summed E-state index contributed by atoms with van der Waals surface area (Å²) in [5.74, 6) is 2.42. The van der Waals surface area contributed by atoms with Gasteiger partial charge in [-0.05, 0) is 59.0 Å². The average Bonchev–Trinajstić information content (AvgIpc) is 3.32. The van der Waals surface area contributed by atoms with Crippen molar-refractivity contribution < 1.29 is 14.3 Å². The number of carbonyl (C=O) groups excluding carboxylic acids is 1. The van der Waals surface area contributed by atoms with Gasteiger partial charge in [-0.25, -0.2) is 4.98 Å². The molecule has 5 rings (SSSR count). The molecule has 1 amide bonds. The summed E-state index contributed by atoms with van der Waals surface area (Å²) in [6, 6.07) is 29.0. The van der Waals surface area contributed by atoms with Crippen LogP contribution in [-0.2, 0) is 24.2 Å². The quantitative estimate of drug-likeness (QED) is 0.195. The van der Waals surface area contributed by atoms with Crippen molar-refractivity contribution in [3.8, 4) is 11.5 Å². The zero-order valence-electron chi connectivity index (χ0n) is 22.7. The number of hydrogen-bond acceptors (Lipinski definition) is 4. The van der Waals surface area contributed by atoms with Crippen molar-refractivity contribution in [1.82, 2.24) is 14.9 Å². The van der Waals surface area contributed by atoms with Gasteiger partial charge in [-0.3, -0.25) is 4.79 Å². The van der Waals surface area contributed by atoms with Crippen LogP contribution in [0.4, 0.5) is 0 Å². The molecular formula is C33H35N3O3. The third-order valence-corrected chi connectivity index (χ3v) is 7.15. The summed E-state index contributed by atoms with van der Waals surface area (Å²) in [6.07, 6.45) is 4.19. The number of aromatic nitrogens is 2. The highest BCUT2D eigenvalue weighted by molar-refractivity contribution is 5.86. The highest BCUT2D eigenvalue weighted by Crippen LogP contribution is 2.28. The van der Waals surface area contributed by atoms with E-state index in [1.54, 1.807) is 14.2 Å². The molecule has 0 aliphatic heterocycles. The fourth-order valence-electron chi connectivity index (χ4n) is 5.14. The summed E-state index contributed by atoms with van der Waals surface area (Å²) in [5, 5.41) is 5.59. The third-order valence-electron chi connectivity index (χ3n) is 7.15. The molecule has 200 valence electrons. The van der Waals surface area contributed by atoms with Gasteiger partial charge in [-0.2, -0.15) is 0 Å². The van der Waals surface area contributed by atoms with Gasteiger partial charge in [0.15, 0.2) is 11.5 Å². The number of rotatable bonds is 12. The number of fused-ring (bicyclic) bond motifs is 2. The van der Waals surface area contributed by atoms with Crippen LogP contribution in [0.3, 0.4) is 0 Å². The van der Waals surface area contributed by atoms with E-state index < -0.39 is 0 Å². The molecule has 0 fully saturated rings. The summed E-state index contributed by atoms with van der Waals surface area (Å²) in [5.41, 5.74) is 4.41. The van der Waals surface area contributed by atoms with Crippen molar-refractivity contribution in [2.45, 2.75) is 38.6 Å². The Hall–Kier alpha value is -4.32. The molecule has 0 saturated heterocycles. The second-order valence-electron chi connectivity index (χ2n) is 9.77. The molecule has 1 N–H and O–H groups in total. The van der Waals surface area contributed by atoms with E-state index in [2.05, 4.69) is 70.5 Å². The standard InChI is InChI=1S/C33H35N3O3/c1-38-30-19-18-24(21-31(30)39-2)22-33(37)34-20-9-3-4-17-32-35-28-15-7-8-16-29(28)36(32)23-26-13-10-12-25-11-5-6-14-27(25)26/h5-8,10-16,18-19,21H,3-4,9,17,20,22-23H2,1-2H3,(H,34,37). The molecule has 0 aliphatic carbocycles. The van der Waals surface area contributed by atoms with Crippen LogP contribution in [-0.4, -0.2) is 36.2 Å². The zero-order valence-corrected chi connectivity index (χ0v) is 22.7. The number of nitrogens with one attached hydrogen (secondary N) is 1. The van der Waals surface area contributed by atoms with Crippen LogP contribution in [0.5, 0.6) is 11.5 Å². The molecule has 1 aromatic heterocycles. The minimum Gasteiger partial charge on any atom is -0.493 e. The van der Waals surface area contributed by atoms with Crippen LogP contribution in [0.25, 0.3) is 21.8 Å². The summed E-state index contributed by atoms with van der Waals surface area (Å²) < 4.78 is 13.0. The first-order valence-electron chi connectivity index (χ1n) is 13.5. The first-order valence-corrected chi connectivity index (χ1v) is 13.5. The maximum Gasteiger partial charge on any atom is 0.224 e. The molecule has 6 heteroatoms. The number of imidazole rings is 1. The SMILES string of the molecule is COc1ccc(CC(=O)NCCCCCc2nc3ccccc3n2Cc2cccc3ccccc23)cc1OC. The molecule has 0 unspecified atom stereocenters. The zero-order chi connectivity index (χ0) is 27.0. The lowest BCUT2D eigenvalue weighted by Crippen LogP contribution is -2.26. The van der Waals surface area contributed by atoms with E-state index in [1.165, 1.54) is 21.9 Å². The average molecular weight is 522 g/mol. The Bertz CT molecular complexity index is 1570. The Morgan fingerprint density at radius 1 is 0.846 bits per heavy atom. The van der Waals surface area contributed by atoms with Crippen molar-refractivity contribution in [3.05, 3.63) is 102 Å². The third kappa shape index (κ3) is 6.23. The van der Waals surface area contributed by atoms with Crippen LogP contribution in [0.15, 0.2) is 84.9 Å². The Kier molecular flexibility index (Phi) is 8.42. The Labute approximate surface area is 229 Å². The fourth-order valence-corrected chi connectivity index (χ4v) is 5.14. The van der Waals surface area contributed by atoms with Gasteiger partial charge in [0, 0.05) is 19.5 Å². The first kappa shape index (κ1) is 26.3. The molecule has 0 bridgehead atoms. The molecule has 0 atom stereocenters. The summed E-state index contributed by atoms with van der Waals surface area (Å²) in [6.45, 7) is 1.46.